The van der Waals surface area contributed by atoms with Crippen LogP contribution in [0.2, 0.25) is 0 Å². The number of hydrogen-bond donors (Lipinski definition) is 1. The number of carbonyl (C=O) groups is 1. The Labute approximate surface area is 90.6 Å². The molecule has 0 aliphatic carbocycles. The lowest BCUT2D eigenvalue weighted by atomic mass is 10.1. The molecule has 0 aromatic rings. The molecular formula is C11H20O4. The lowest BCUT2D eigenvalue weighted by Crippen LogP contribution is -2.29. The first kappa shape index (κ1) is 12.5. The maximum Gasteiger partial charge on any atom is 0.332 e. The molecule has 0 radical (unpaired) electrons. The smallest absolute Gasteiger partial charge is 0.332 e. The quantitative estimate of drug-likeness (QED) is 0.761. The zero-order valence-electron chi connectivity index (χ0n) is 9.66. The third-order valence-corrected chi connectivity index (χ3v) is 2.89. The van der Waals surface area contributed by atoms with Crippen LogP contribution >= 0.6 is 0 Å². The summed E-state index contributed by atoms with van der Waals surface area (Å²) in [5.74, 6) is -0.868. The van der Waals surface area contributed by atoms with Crippen molar-refractivity contribution in [2.45, 2.75) is 57.8 Å². The Morgan fingerprint density at radius 1 is 1.53 bits per heavy atom. The van der Waals surface area contributed by atoms with E-state index < -0.39 is 12.1 Å². The first-order chi connectivity index (χ1) is 6.94. The topological polar surface area (TPSA) is 55.8 Å². The Balaban J connectivity index is 2.28. The maximum atomic E-state index is 10.6. The molecule has 1 aliphatic heterocycles. The van der Waals surface area contributed by atoms with Gasteiger partial charge < -0.3 is 14.6 Å². The van der Waals surface area contributed by atoms with Crippen LogP contribution in [-0.4, -0.2) is 35.5 Å². The van der Waals surface area contributed by atoms with E-state index in [4.69, 9.17) is 14.6 Å². The summed E-state index contributed by atoms with van der Waals surface area (Å²) in [6.07, 6.45) is 1.61. The van der Waals surface area contributed by atoms with Crippen molar-refractivity contribution in [3.63, 3.8) is 0 Å². The monoisotopic (exact) mass is 216 g/mol. The van der Waals surface area contributed by atoms with E-state index in [-0.39, 0.29) is 11.7 Å². The number of rotatable bonds is 5. The van der Waals surface area contributed by atoms with Crippen LogP contribution in [0.1, 0.15) is 40.0 Å². The predicted molar refractivity (Wildman–Crippen MR) is 55.9 cm³/mol. The molecule has 0 spiro atoms. The zero-order valence-corrected chi connectivity index (χ0v) is 9.66. The molecule has 1 aliphatic rings. The van der Waals surface area contributed by atoms with Gasteiger partial charge in [0.05, 0.1) is 18.3 Å². The normalized spacial score (nSPS) is 26.9. The summed E-state index contributed by atoms with van der Waals surface area (Å²) in [5, 5.41) is 8.74. The SMILES string of the molecule is CCC(C)(C)OCC1CCC(C(=O)O)O1. The van der Waals surface area contributed by atoms with Gasteiger partial charge in [-0.25, -0.2) is 4.79 Å². The molecule has 0 bridgehead atoms. The molecule has 4 heteroatoms. The van der Waals surface area contributed by atoms with Gasteiger partial charge in [-0.15, -0.1) is 0 Å². The highest BCUT2D eigenvalue weighted by Gasteiger charge is 2.31. The highest BCUT2D eigenvalue weighted by Crippen LogP contribution is 2.22. The molecule has 1 fully saturated rings. The third-order valence-electron chi connectivity index (χ3n) is 2.89. The van der Waals surface area contributed by atoms with Gasteiger partial charge in [0.25, 0.3) is 0 Å². The van der Waals surface area contributed by atoms with Crippen molar-refractivity contribution in [1.82, 2.24) is 0 Å². The summed E-state index contributed by atoms with van der Waals surface area (Å²) < 4.78 is 11.0. The zero-order chi connectivity index (χ0) is 11.5. The molecule has 2 atom stereocenters. The van der Waals surface area contributed by atoms with E-state index in [1.165, 1.54) is 0 Å². The van der Waals surface area contributed by atoms with Crippen molar-refractivity contribution in [1.29, 1.82) is 0 Å². The Morgan fingerprint density at radius 2 is 2.20 bits per heavy atom. The van der Waals surface area contributed by atoms with Crippen LogP contribution in [0, 0.1) is 0 Å². The summed E-state index contributed by atoms with van der Waals surface area (Å²) in [6, 6.07) is 0. The second-order valence-electron chi connectivity index (χ2n) is 4.59. The largest absolute Gasteiger partial charge is 0.479 e. The highest BCUT2D eigenvalue weighted by molar-refractivity contribution is 5.72. The average Bonchev–Trinajstić information content (AvgIpc) is 2.63. The van der Waals surface area contributed by atoms with Gasteiger partial charge in [-0.1, -0.05) is 6.92 Å². The molecule has 0 aromatic heterocycles. The molecule has 1 rings (SSSR count). The lowest BCUT2D eigenvalue weighted by molar-refractivity contribution is -0.152. The van der Waals surface area contributed by atoms with Crippen LogP contribution in [0.3, 0.4) is 0 Å². The number of aliphatic carboxylic acids is 1. The summed E-state index contributed by atoms with van der Waals surface area (Å²) >= 11 is 0. The Morgan fingerprint density at radius 3 is 2.67 bits per heavy atom. The first-order valence-corrected chi connectivity index (χ1v) is 5.47. The van der Waals surface area contributed by atoms with Crippen molar-refractivity contribution < 1.29 is 19.4 Å². The predicted octanol–water partition coefficient (Wildman–Crippen LogP) is 1.82. The number of hydrogen-bond acceptors (Lipinski definition) is 3. The molecule has 0 aromatic carbocycles. The van der Waals surface area contributed by atoms with Crippen molar-refractivity contribution in [2.24, 2.45) is 0 Å². The van der Waals surface area contributed by atoms with Crippen LogP contribution in [0.25, 0.3) is 0 Å². The Hall–Kier alpha value is -0.610. The van der Waals surface area contributed by atoms with Gasteiger partial charge >= 0.3 is 5.97 Å². The second kappa shape index (κ2) is 4.94. The molecule has 88 valence electrons. The van der Waals surface area contributed by atoms with Crippen LogP contribution in [-0.2, 0) is 14.3 Å². The van der Waals surface area contributed by atoms with E-state index in [0.29, 0.717) is 13.0 Å². The number of carboxylic acids is 1. The molecule has 15 heavy (non-hydrogen) atoms. The minimum Gasteiger partial charge on any atom is -0.479 e. The first-order valence-electron chi connectivity index (χ1n) is 5.47. The molecule has 4 nitrogen and oxygen atoms in total. The fourth-order valence-electron chi connectivity index (χ4n) is 1.43. The van der Waals surface area contributed by atoms with Gasteiger partial charge in [0.1, 0.15) is 0 Å². The molecular weight excluding hydrogens is 196 g/mol. The van der Waals surface area contributed by atoms with Crippen LogP contribution < -0.4 is 0 Å². The van der Waals surface area contributed by atoms with E-state index in [2.05, 4.69) is 6.92 Å². The lowest BCUT2D eigenvalue weighted by Gasteiger charge is -2.25. The van der Waals surface area contributed by atoms with E-state index in [1.807, 2.05) is 13.8 Å². The van der Waals surface area contributed by atoms with E-state index >= 15 is 0 Å². The van der Waals surface area contributed by atoms with E-state index in [1.54, 1.807) is 0 Å². The summed E-state index contributed by atoms with van der Waals surface area (Å²) in [6.45, 7) is 6.60. The Bertz CT molecular complexity index is 225. The van der Waals surface area contributed by atoms with Gasteiger partial charge in [0.15, 0.2) is 6.10 Å². The summed E-state index contributed by atoms with van der Waals surface area (Å²) in [4.78, 5) is 10.6. The van der Waals surface area contributed by atoms with Crippen molar-refractivity contribution in [3.8, 4) is 0 Å². The standard InChI is InChI=1S/C11H20O4/c1-4-11(2,3)14-7-8-5-6-9(15-8)10(12)13/h8-9H,4-7H2,1-3H3,(H,12,13). The summed E-state index contributed by atoms with van der Waals surface area (Å²) in [7, 11) is 0. The minimum atomic E-state index is -0.868. The number of carboxylic acid groups (broad SMARTS) is 1. The van der Waals surface area contributed by atoms with Gasteiger partial charge in [-0.05, 0) is 33.1 Å². The molecule has 0 saturated carbocycles. The van der Waals surface area contributed by atoms with E-state index in [9.17, 15) is 4.79 Å². The van der Waals surface area contributed by atoms with Crippen LogP contribution in [0.5, 0.6) is 0 Å². The summed E-state index contributed by atoms with van der Waals surface area (Å²) in [5.41, 5.74) is -0.148. The van der Waals surface area contributed by atoms with Gasteiger partial charge in [0.2, 0.25) is 0 Å². The molecule has 1 N–H and O–H groups in total. The minimum absolute atomic E-state index is 0.0584. The average molecular weight is 216 g/mol. The second-order valence-corrected chi connectivity index (χ2v) is 4.59. The highest BCUT2D eigenvalue weighted by atomic mass is 16.6. The van der Waals surface area contributed by atoms with Gasteiger partial charge in [-0.3, -0.25) is 0 Å². The third kappa shape index (κ3) is 3.80. The fraction of sp³-hybridized carbons (Fsp3) is 0.909. The van der Waals surface area contributed by atoms with Crippen molar-refractivity contribution in [2.75, 3.05) is 6.61 Å². The van der Waals surface area contributed by atoms with Gasteiger partial charge in [0, 0.05) is 0 Å². The molecule has 0 amide bonds. The van der Waals surface area contributed by atoms with Crippen molar-refractivity contribution in [3.05, 3.63) is 0 Å². The van der Waals surface area contributed by atoms with Crippen LogP contribution in [0.15, 0.2) is 0 Å². The maximum absolute atomic E-state index is 10.6. The molecule has 2 unspecified atom stereocenters. The number of ether oxygens (including phenoxy) is 2. The van der Waals surface area contributed by atoms with Crippen molar-refractivity contribution >= 4 is 5.97 Å². The Kier molecular flexibility index (Phi) is 4.11. The molecule has 1 heterocycles. The molecule has 1 saturated heterocycles. The van der Waals surface area contributed by atoms with Crippen LogP contribution in [0.4, 0.5) is 0 Å². The fourth-order valence-corrected chi connectivity index (χ4v) is 1.43. The van der Waals surface area contributed by atoms with Gasteiger partial charge in [-0.2, -0.15) is 0 Å². The van der Waals surface area contributed by atoms with E-state index in [0.717, 1.165) is 12.8 Å².